The van der Waals surface area contributed by atoms with Crippen molar-refractivity contribution in [2.45, 2.75) is 134 Å². The average Bonchev–Trinajstić information content (AvgIpc) is 3.21. The van der Waals surface area contributed by atoms with Gasteiger partial charge in [0.25, 0.3) is 0 Å². The molecule has 9 atom stereocenters. The predicted octanol–water partition coefficient (Wildman–Crippen LogP) is 7.92. The maximum absolute atomic E-state index is 13.7. The van der Waals surface area contributed by atoms with E-state index in [-0.39, 0.29) is 24.2 Å². The van der Waals surface area contributed by atoms with Crippen molar-refractivity contribution in [3.05, 3.63) is 0 Å². The molecule has 0 spiro atoms. The Kier molecular flexibility index (Phi) is 7.82. The van der Waals surface area contributed by atoms with Crippen molar-refractivity contribution in [1.29, 1.82) is 0 Å². The molecule has 0 aromatic carbocycles. The number of aliphatic hydroxyl groups is 2. The van der Waals surface area contributed by atoms with Crippen LogP contribution < -0.4 is 0 Å². The first-order valence-electron chi connectivity index (χ1n) is 15.8. The van der Waals surface area contributed by atoms with Crippen molar-refractivity contribution in [3.63, 3.8) is 0 Å². The molecule has 6 heteroatoms. The molecule has 0 aromatic rings. The van der Waals surface area contributed by atoms with Crippen molar-refractivity contribution < 1.29 is 28.1 Å². The second-order valence-electron chi connectivity index (χ2n) is 15.3. The lowest BCUT2D eigenvalue weighted by molar-refractivity contribution is -0.290. The van der Waals surface area contributed by atoms with Gasteiger partial charge in [0.1, 0.15) is 0 Å². The highest BCUT2D eigenvalue weighted by molar-refractivity contribution is 5.11. The molecular weight excluding hydrogens is 489 g/mol. The lowest BCUT2D eigenvalue weighted by atomic mass is 9.43. The predicted molar refractivity (Wildman–Crippen MR) is 143 cm³/mol. The zero-order valence-corrected chi connectivity index (χ0v) is 24.3. The van der Waals surface area contributed by atoms with Crippen LogP contribution in [0.25, 0.3) is 0 Å². The van der Waals surface area contributed by atoms with Gasteiger partial charge in [0, 0.05) is 13.7 Å². The molecule has 5 rings (SSSR count). The Hall–Kier alpha value is -0.330. The van der Waals surface area contributed by atoms with Crippen LogP contribution in [0.2, 0.25) is 0 Å². The Bertz CT molecular complexity index is 838. The minimum Gasteiger partial charge on any atom is -0.390 e. The van der Waals surface area contributed by atoms with Gasteiger partial charge in [0.2, 0.25) is 0 Å². The molecule has 0 aromatic heterocycles. The Morgan fingerprint density at radius 1 is 0.842 bits per heavy atom. The maximum Gasteiger partial charge on any atom is 0.417 e. The fourth-order valence-corrected chi connectivity index (χ4v) is 11.0. The second-order valence-corrected chi connectivity index (χ2v) is 15.3. The van der Waals surface area contributed by atoms with Crippen molar-refractivity contribution in [2.75, 3.05) is 13.7 Å². The molecule has 0 radical (unpaired) electrons. The van der Waals surface area contributed by atoms with Gasteiger partial charge < -0.3 is 14.9 Å². The molecule has 2 N–H and O–H groups in total. The van der Waals surface area contributed by atoms with Crippen molar-refractivity contribution in [1.82, 2.24) is 0 Å². The fourth-order valence-electron chi connectivity index (χ4n) is 11.0. The normalized spacial score (nSPS) is 50.1. The third-order valence-electron chi connectivity index (χ3n) is 13.5. The summed E-state index contributed by atoms with van der Waals surface area (Å²) in [5.41, 5.74) is -2.77. The van der Waals surface area contributed by atoms with E-state index >= 15 is 0 Å². The number of halogens is 3. The minimum absolute atomic E-state index is 0.0238. The van der Waals surface area contributed by atoms with Gasteiger partial charge in [-0.25, -0.2) is 0 Å². The lowest BCUT2D eigenvalue weighted by Gasteiger charge is -2.62. The molecule has 0 amide bonds. The van der Waals surface area contributed by atoms with E-state index in [4.69, 9.17) is 4.74 Å². The minimum atomic E-state index is -4.53. The molecule has 0 heterocycles. The molecule has 0 saturated heterocycles. The molecule has 5 aliphatic carbocycles. The van der Waals surface area contributed by atoms with Gasteiger partial charge in [-0.05, 0) is 149 Å². The summed E-state index contributed by atoms with van der Waals surface area (Å²) < 4.78 is 46.3. The summed E-state index contributed by atoms with van der Waals surface area (Å²) in [5, 5.41) is 21.8. The summed E-state index contributed by atoms with van der Waals surface area (Å²) in [7, 11) is 1.76. The fraction of sp³-hybridized carbons (Fsp3) is 1.00. The Balaban J connectivity index is 1.22. The largest absolute Gasteiger partial charge is 0.417 e. The summed E-state index contributed by atoms with van der Waals surface area (Å²) in [6.45, 7) is 8.02. The highest BCUT2D eigenvalue weighted by Crippen LogP contribution is 2.69. The zero-order valence-electron chi connectivity index (χ0n) is 24.3. The van der Waals surface area contributed by atoms with Crippen molar-refractivity contribution in [3.8, 4) is 0 Å². The van der Waals surface area contributed by atoms with Crippen LogP contribution in [0.15, 0.2) is 0 Å². The van der Waals surface area contributed by atoms with Crippen LogP contribution in [-0.4, -0.2) is 41.3 Å². The topological polar surface area (TPSA) is 49.7 Å². The Labute approximate surface area is 228 Å². The smallest absolute Gasteiger partial charge is 0.390 e. The first-order chi connectivity index (χ1) is 17.7. The van der Waals surface area contributed by atoms with Gasteiger partial charge in [-0.15, -0.1) is 0 Å². The third-order valence-corrected chi connectivity index (χ3v) is 13.5. The van der Waals surface area contributed by atoms with Crippen LogP contribution in [0.3, 0.4) is 0 Å². The lowest BCUT2D eigenvalue weighted by Crippen LogP contribution is -2.59. The number of rotatable bonds is 6. The first kappa shape index (κ1) is 29.2. The second kappa shape index (κ2) is 10.2. The maximum atomic E-state index is 13.7. The molecule has 38 heavy (non-hydrogen) atoms. The van der Waals surface area contributed by atoms with Gasteiger partial charge in [-0.2, -0.15) is 13.2 Å². The van der Waals surface area contributed by atoms with Crippen LogP contribution >= 0.6 is 0 Å². The quantitative estimate of drug-likeness (QED) is 0.358. The van der Waals surface area contributed by atoms with Crippen LogP contribution in [0, 0.1) is 52.3 Å². The molecule has 3 nitrogen and oxygen atoms in total. The molecule has 5 fully saturated rings. The highest BCUT2D eigenvalue weighted by Gasteiger charge is 2.65. The Morgan fingerprint density at radius 3 is 2.18 bits per heavy atom. The average molecular weight is 543 g/mol. The van der Waals surface area contributed by atoms with Crippen LogP contribution in [0.5, 0.6) is 0 Å². The van der Waals surface area contributed by atoms with E-state index in [0.29, 0.717) is 47.3 Å². The van der Waals surface area contributed by atoms with E-state index in [1.54, 1.807) is 7.11 Å². The molecule has 5 saturated carbocycles. The standard InChI is InChI=1S/C32H53F3O3/c1-21(9-14-30(36)15-10-22(11-16-30)20-38-4)25-7-8-26-24-6-5-23-19-31(37,32(33,34)35)18-17-28(23,2)27(24)12-13-29(25,26)3/h21-27,36-37H,5-20H2,1-4H3/t21-,22-,23-,24-,25-,26-,27-,28-,29+,30-,31-/m0/s1. The summed E-state index contributed by atoms with van der Waals surface area (Å²) in [6.07, 6.45) is 8.32. The highest BCUT2D eigenvalue weighted by atomic mass is 19.4. The van der Waals surface area contributed by atoms with Crippen LogP contribution in [0.1, 0.15) is 117 Å². The van der Waals surface area contributed by atoms with Gasteiger partial charge >= 0.3 is 6.18 Å². The van der Waals surface area contributed by atoms with E-state index in [1.807, 2.05) is 0 Å². The number of hydrogen-bond donors (Lipinski definition) is 2. The molecule has 0 bridgehead atoms. The number of methoxy groups -OCH3 is 1. The molecule has 0 unspecified atom stereocenters. The number of fused-ring (bicyclic) bond motifs is 5. The van der Waals surface area contributed by atoms with Gasteiger partial charge in [-0.1, -0.05) is 20.8 Å². The van der Waals surface area contributed by atoms with Gasteiger partial charge in [-0.3, -0.25) is 0 Å². The third kappa shape index (κ3) is 4.89. The number of hydrogen-bond acceptors (Lipinski definition) is 3. The molecule has 220 valence electrons. The number of alkyl halides is 3. The summed E-state index contributed by atoms with van der Waals surface area (Å²) in [4.78, 5) is 0. The van der Waals surface area contributed by atoms with Gasteiger partial charge in [0.15, 0.2) is 5.60 Å². The van der Waals surface area contributed by atoms with Crippen molar-refractivity contribution in [2.24, 2.45) is 52.3 Å². The van der Waals surface area contributed by atoms with Crippen molar-refractivity contribution >= 4 is 0 Å². The molecule has 0 aliphatic heterocycles. The SMILES string of the molecule is COC[C@H]1CC[C@@](O)(CC[C@H](C)[C@@H]2CC[C@H]3[C@@H]4CC[C@H]5C[C@](O)(C(F)(F)F)CC[C@]5(C)[C@H]4CC[C@@]32C)CC1. The van der Waals surface area contributed by atoms with E-state index in [2.05, 4.69) is 20.8 Å². The summed E-state index contributed by atoms with van der Waals surface area (Å²) in [5.74, 6) is 3.61. The summed E-state index contributed by atoms with van der Waals surface area (Å²) in [6, 6.07) is 0. The van der Waals surface area contributed by atoms with Crippen LogP contribution in [-0.2, 0) is 4.74 Å². The summed E-state index contributed by atoms with van der Waals surface area (Å²) >= 11 is 0. The Morgan fingerprint density at radius 2 is 1.53 bits per heavy atom. The van der Waals surface area contributed by atoms with E-state index in [0.717, 1.165) is 64.4 Å². The molecular formula is C32H53F3O3. The van der Waals surface area contributed by atoms with E-state index in [1.165, 1.54) is 19.3 Å². The van der Waals surface area contributed by atoms with Crippen LogP contribution in [0.4, 0.5) is 13.2 Å². The monoisotopic (exact) mass is 542 g/mol. The first-order valence-corrected chi connectivity index (χ1v) is 15.8. The van der Waals surface area contributed by atoms with E-state index < -0.39 is 17.4 Å². The zero-order chi connectivity index (χ0) is 27.6. The number of ether oxygens (including phenoxy) is 1. The van der Waals surface area contributed by atoms with Gasteiger partial charge in [0.05, 0.1) is 5.60 Å². The molecule has 5 aliphatic rings. The van der Waals surface area contributed by atoms with E-state index in [9.17, 15) is 23.4 Å².